The molecule has 0 rings (SSSR count). The molecule has 0 bridgehead atoms. The first-order valence-electron chi connectivity index (χ1n) is 5.19. The van der Waals surface area contributed by atoms with Crippen LogP contribution < -0.4 is 10.6 Å². The minimum absolute atomic E-state index is 0.164. The smallest absolute Gasteiger partial charge is 0.0875 e. The summed E-state index contributed by atoms with van der Waals surface area (Å²) in [6.07, 6.45) is -0.164. The van der Waals surface area contributed by atoms with Gasteiger partial charge >= 0.3 is 0 Å². The highest BCUT2D eigenvalue weighted by Gasteiger charge is 2.25. The van der Waals surface area contributed by atoms with Crippen LogP contribution in [0.4, 0.5) is 0 Å². The molecule has 0 aromatic rings. The van der Waals surface area contributed by atoms with Crippen molar-refractivity contribution in [1.82, 2.24) is 10.6 Å². The largest absolute Gasteiger partial charge is 0.387 e. The van der Waals surface area contributed by atoms with Gasteiger partial charge in [-0.3, -0.25) is 10.6 Å². The summed E-state index contributed by atoms with van der Waals surface area (Å²) in [6, 6.07) is 0. The van der Waals surface area contributed by atoms with Crippen LogP contribution in [0, 0.1) is 0 Å². The molecule has 0 saturated carbocycles. The van der Waals surface area contributed by atoms with Gasteiger partial charge in [0.2, 0.25) is 0 Å². The lowest BCUT2D eigenvalue weighted by atomic mass is 10.1. The summed E-state index contributed by atoms with van der Waals surface area (Å²) in [6.45, 7) is 6.17. The van der Waals surface area contributed by atoms with Crippen molar-refractivity contribution in [2.45, 2.75) is 25.6 Å². The average Bonchev–Trinajstić information content (AvgIpc) is 2.14. The summed E-state index contributed by atoms with van der Waals surface area (Å²) in [5.41, 5.74) is -0.818. The van der Waals surface area contributed by atoms with Gasteiger partial charge in [0, 0.05) is 27.3 Å². The van der Waals surface area contributed by atoms with Gasteiger partial charge in [-0.15, -0.1) is 0 Å². The molecule has 0 fully saturated rings. The number of methoxy groups -OCH3 is 2. The van der Waals surface area contributed by atoms with E-state index in [1.54, 1.807) is 28.1 Å². The van der Waals surface area contributed by atoms with Crippen molar-refractivity contribution >= 4 is 0 Å². The van der Waals surface area contributed by atoms with E-state index in [9.17, 15) is 5.11 Å². The van der Waals surface area contributed by atoms with Gasteiger partial charge in [0.15, 0.2) is 0 Å². The van der Waals surface area contributed by atoms with Gasteiger partial charge in [-0.05, 0) is 13.8 Å². The zero-order valence-electron chi connectivity index (χ0n) is 10.2. The summed E-state index contributed by atoms with van der Waals surface area (Å²) in [5.74, 6) is 0. The van der Waals surface area contributed by atoms with Gasteiger partial charge in [0.25, 0.3) is 0 Å². The average molecular weight is 220 g/mol. The van der Waals surface area contributed by atoms with Crippen LogP contribution in [-0.4, -0.2) is 57.4 Å². The first kappa shape index (κ1) is 14.8. The summed E-state index contributed by atoms with van der Waals surface area (Å²) in [7, 11) is 3.30. The van der Waals surface area contributed by atoms with E-state index < -0.39 is 5.60 Å². The lowest BCUT2D eigenvalue weighted by molar-refractivity contribution is 0.0193. The number of hydrogen-bond donors (Lipinski definition) is 3. The Morgan fingerprint density at radius 3 is 1.73 bits per heavy atom. The van der Waals surface area contributed by atoms with Crippen molar-refractivity contribution in [1.29, 1.82) is 0 Å². The third kappa shape index (κ3) is 7.70. The zero-order valence-corrected chi connectivity index (χ0v) is 10.2. The fourth-order valence-corrected chi connectivity index (χ4v) is 1.18. The maximum absolute atomic E-state index is 9.87. The number of ether oxygens (including phenoxy) is 2. The SMILES string of the molecule is COCCNC(NCCOC)C(C)(C)O. The van der Waals surface area contributed by atoms with Crippen LogP contribution in [0.5, 0.6) is 0 Å². The molecule has 0 aliphatic rings. The minimum atomic E-state index is -0.818. The second-order valence-electron chi connectivity index (χ2n) is 3.98. The fraction of sp³-hybridized carbons (Fsp3) is 1.00. The van der Waals surface area contributed by atoms with E-state index in [-0.39, 0.29) is 6.17 Å². The summed E-state index contributed by atoms with van der Waals surface area (Å²) >= 11 is 0. The van der Waals surface area contributed by atoms with E-state index >= 15 is 0 Å². The topological polar surface area (TPSA) is 62.8 Å². The van der Waals surface area contributed by atoms with E-state index in [0.717, 1.165) is 0 Å². The van der Waals surface area contributed by atoms with E-state index in [4.69, 9.17) is 9.47 Å². The fourth-order valence-electron chi connectivity index (χ4n) is 1.18. The van der Waals surface area contributed by atoms with Crippen LogP contribution in [0.15, 0.2) is 0 Å². The van der Waals surface area contributed by atoms with Crippen LogP contribution >= 0.6 is 0 Å². The van der Waals surface area contributed by atoms with Crippen molar-refractivity contribution in [3.05, 3.63) is 0 Å². The van der Waals surface area contributed by atoms with Crippen LogP contribution in [0.2, 0.25) is 0 Å². The molecule has 0 aromatic heterocycles. The van der Waals surface area contributed by atoms with Crippen molar-refractivity contribution in [3.8, 4) is 0 Å². The predicted octanol–water partition coefficient (Wildman–Crippen LogP) is -0.445. The highest BCUT2D eigenvalue weighted by atomic mass is 16.5. The van der Waals surface area contributed by atoms with Gasteiger partial charge in [0.1, 0.15) is 0 Å². The van der Waals surface area contributed by atoms with Crippen LogP contribution in [0.25, 0.3) is 0 Å². The summed E-state index contributed by atoms with van der Waals surface area (Å²) < 4.78 is 9.87. The molecule has 0 aliphatic carbocycles. The Balaban J connectivity index is 3.85. The van der Waals surface area contributed by atoms with Crippen LogP contribution in [-0.2, 0) is 9.47 Å². The quantitative estimate of drug-likeness (QED) is 0.363. The molecule has 92 valence electrons. The van der Waals surface area contributed by atoms with Crippen molar-refractivity contribution in [2.24, 2.45) is 0 Å². The van der Waals surface area contributed by atoms with Crippen molar-refractivity contribution in [2.75, 3.05) is 40.5 Å². The van der Waals surface area contributed by atoms with Crippen molar-refractivity contribution in [3.63, 3.8) is 0 Å². The number of rotatable bonds is 9. The number of hydrogen-bond acceptors (Lipinski definition) is 5. The van der Waals surface area contributed by atoms with Gasteiger partial charge < -0.3 is 14.6 Å². The molecule has 5 nitrogen and oxygen atoms in total. The van der Waals surface area contributed by atoms with Gasteiger partial charge in [-0.2, -0.15) is 0 Å². The highest BCUT2D eigenvalue weighted by molar-refractivity contribution is 4.81. The first-order chi connectivity index (χ1) is 7.02. The Hall–Kier alpha value is -0.200. The molecule has 0 unspecified atom stereocenters. The summed E-state index contributed by atoms with van der Waals surface area (Å²) in [5, 5.41) is 16.2. The third-order valence-electron chi connectivity index (χ3n) is 2.02. The Morgan fingerprint density at radius 1 is 1.07 bits per heavy atom. The Kier molecular flexibility index (Phi) is 7.90. The maximum atomic E-state index is 9.87. The lowest BCUT2D eigenvalue weighted by Gasteiger charge is -2.31. The first-order valence-corrected chi connectivity index (χ1v) is 5.19. The highest BCUT2D eigenvalue weighted by Crippen LogP contribution is 2.05. The molecule has 5 heteroatoms. The van der Waals surface area contributed by atoms with Crippen LogP contribution in [0.3, 0.4) is 0 Å². The Morgan fingerprint density at radius 2 is 1.47 bits per heavy atom. The molecular weight excluding hydrogens is 196 g/mol. The minimum Gasteiger partial charge on any atom is -0.387 e. The normalized spacial score (nSPS) is 12.4. The number of aliphatic hydroxyl groups is 1. The standard InChI is InChI=1S/C10H24N2O3/c1-10(2,13)9(11-5-7-14-3)12-6-8-15-4/h9,11-13H,5-8H2,1-4H3. The molecule has 0 amide bonds. The lowest BCUT2D eigenvalue weighted by Crippen LogP contribution is -2.57. The molecule has 0 spiro atoms. The summed E-state index contributed by atoms with van der Waals surface area (Å²) in [4.78, 5) is 0. The molecular formula is C10H24N2O3. The van der Waals surface area contributed by atoms with E-state index in [1.807, 2.05) is 0 Å². The molecule has 15 heavy (non-hydrogen) atoms. The predicted molar refractivity (Wildman–Crippen MR) is 59.8 cm³/mol. The maximum Gasteiger partial charge on any atom is 0.0875 e. The van der Waals surface area contributed by atoms with E-state index in [0.29, 0.717) is 26.3 Å². The molecule has 0 radical (unpaired) electrons. The Labute approximate surface area is 92.1 Å². The van der Waals surface area contributed by atoms with E-state index in [1.165, 1.54) is 0 Å². The molecule has 0 aliphatic heterocycles. The van der Waals surface area contributed by atoms with Gasteiger partial charge in [-0.1, -0.05) is 0 Å². The molecule has 3 N–H and O–H groups in total. The molecule has 0 atom stereocenters. The second-order valence-corrected chi connectivity index (χ2v) is 3.98. The van der Waals surface area contributed by atoms with E-state index in [2.05, 4.69) is 10.6 Å². The van der Waals surface area contributed by atoms with Crippen molar-refractivity contribution < 1.29 is 14.6 Å². The zero-order chi connectivity index (χ0) is 11.7. The third-order valence-corrected chi connectivity index (χ3v) is 2.02. The van der Waals surface area contributed by atoms with Crippen LogP contribution in [0.1, 0.15) is 13.8 Å². The monoisotopic (exact) mass is 220 g/mol. The molecule has 0 saturated heterocycles. The number of nitrogens with one attached hydrogen (secondary N) is 2. The molecule has 0 aromatic carbocycles. The van der Waals surface area contributed by atoms with Gasteiger partial charge in [0.05, 0.1) is 25.0 Å². The second kappa shape index (κ2) is 8.01. The Bertz CT molecular complexity index is 138. The molecule has 0 heterocycles. The van der Waals surface area contributed by atoms with Gasteiger partial charge in [-0.25, -0.2) is 0 Å².